The van der Waals surface area contributed by atoms with E-state index >= 15 is 0 Å². The minimum atomic E-state index is -0.878. The lowest BCUT2D eigenvalue weighted by molar-refractivity contribution is -0.139. The lowest BCUT2D eigenvalue weighted by Crippen LogP contribution is -2.58. The molecule has 0 radical (unpaired) electrons. The molecule has 4 atom stereocenters. The van der Waals surface area contributed by atoms with Crippen molar-refractivity contribution in [3.8, 4) is 12.3 Å². The first-order chi connectivity index (χ1) is 21.8. The van der Waals surface area contributed by atoms with Gasteiger partial charge >= 0.3 is 6.09 Å². The summed E-state index contributed by atoms with van der Waals surface area (Å²) in [6, 6.07) is 17.3. The average molecular weight is 631 g/mol. The number of terminal acetylenes is 1. The van der Waals surface area contributed by atoms with E-state index in [1.807, 2.05) is 77.4 Å². The summed E-state index contributed by atoms with van der Waals surface area (Å²) in [4.78, 5) is 59.0. The standard InChI is InChI=1S/C37H50N4O5/c1-8-9-17-27(2)32(38-33(42)28(3)39(7)36(45)46-37(4,5)6)35(44)41-24-16-22-31(41)26-40(25-23-29-18-12-10-13-19-29)34(43)30-20-14-11-15-21-30/h1,10-15,18-21,27-28,31-32H,9,16-17,22-26H2,2-7H3,(H,38,42)/t27?,28-,31-,32-/m0/s1. The van der Waals surface area contributed by atoms with E-state index in [9.17, 15) is 19.2 Å². The van der Waals surface area contributed by atoms with Gasteiger partial charge in [-0.25, -0.2) is 4.79 Å². The Morgan fingerprint density at radius 2 is 1.67 bits per heavy atom. The van der Waals surface area contributed by atoms with Gasteiger partial charge in [0.1, 0.15) is 17.7 Å². The Bertz CT molecular complexity index is 1350. The molecule has 3 rings (SSSR count). The second-order valence-electron chi connectivity index (χ2n) is 13.2. The molecule has 1 fully saturated rings. The van der Waals surface area contributed by atoms with Crippen molar-refractivity contribution >= 4 is 23.8 Å². The number of nitrogens with one attached hydrogen (secondary N) is 1. The summed E-state index contributed by atoms with van der Waals surface area (Å²) in [5.41, 5.74) is 1.01. The second kappa shape index (κ2) is 16.8. The predicted molar refractivity (Wildman–Crippen MR) is 180 cm³/mol. The molecule has 1 N–H and O–H groups in total. The highest BCUT2D eigenvalue weighted by atomic mass is 16.6. The third-order valence-corrected chi connectivity index (χ3v) is 8.43. The molecule has 0 aromatic heterocycles. The summed E-state index contributed by atoms with van der Waals surface area (Å²) in [6.45, 7) is 10.2. The zero-order chi connectivity index (χ0) is 33.9. The van der Waals surface area contributed by atoms with Gasteiger partial charge in [-0.05, 0) is 77.0 Å². The van der Waals surface area contributed by atoms with Gasteiger partial charge in [-0.15, -0.1) is 12.3 Å². The fraction of sp³-hybridized carbons (Fsp3) is 0.514. The van der Waals surface area contributed by atoms with Gasteiger partial charge in [-0.2, -0.15) is 0 Å². The molecule has 1 heterocycles. The van der Waals surface area contributed by atoms with Crippen LogP contribution in [0, 0.1) is 18.3 Å². The number of rotatable bonds is 13. The Labute approximate surface area is 274 Å². The van der Waals surface area contributed by atoms with Crippen LogP contribution in [0.2, 0.25) is 0 Å². The molecule has 0 saturated carbocycles. The predicted octanol–water partition coefficient (Wildman–Crippen LogP) is 5.15. The minimum absolute atomic E-state index is 0.0814. The lowest BCUT2D eigenvalue weighted by atomic mass is 9.94. The van der Waals surface area contributed by atoms with Gasteiger partial charge in [0, 0.05) is 44.7 Å². The van der Waals surface area contributed by atoms with Gasteiger partial charge in [-0.1, -0.05) is 55.5 Å². The van der Waals surface area contributed by atoms with E-state index in [1.54, 1.807) is 27.7 Å². The third-order valence-electron chi connectivity index (χ3n) is 8.43. The van der Waals surface area contributed by atoms with E-state index in [0.717, 1.165) is 18.4 Å². The second-order valence-corrected chi connectivity index (χ2v) is 13.2. The molecule has 2 aromatic rings. The summed E-state index contributed by atoms with van der Waals surface area (Å²) in [5, 5.41) is 2.94. The fourth-order valence-electron chi connectivity index (χ4n) is 5.56. The average Bonchev–Trinajstić information content (AvgIpc) is 3.51. The molecule has 1 unspecified atom stereocenters. The largest absolute Gasteiger partial charge is 0.444 e. The van der Waals surface area contributed by atoms with Gasteiger partial charge < -0.3 is 19.9 Å². The van der Waals surface area contributed by atoms with E-state index in [1.165, 1.54) is 11.9 Å². The molecule has 9 heteroatoms. The molecule has 1 aliphatic heterocycles. The quantitative estimate of drug-likeness (QED) is 0.309. The Morgan fingerprint density at radius 1 is 1.04 bits per heavy atom. The van der Waals surface area contributed by atoms with Crippen LogP contribution >= 0.6 is 0 Å². The Morgan fingerprint density at radius 3 is 2.28 bits per heavy atom. The van der Waals surface area contributed by atoms with Crippen LogP contribution in [-0.2, 0) is 20.7 Å². The van der Waals surface area contributed by atoms with Crippen molar-refractivity contribution in [3.05, 3.63) is 71.8 Å². The number of benzene rings is 2. The molecule has 4 amide bonds. The molecule has 0 bridgehead atoms. The molecule has 248 valence electrons. The summed E-state index contributed by atoms with van der Waals surface area (Å²) >= 11 is 0. The highest BCUT2D eigenvalue weighted by Gasteiger charge is 2.39. The summed E-state index contributed by atoms with van der Waals surface area (Å²) in [5.74, 6) is 1.63. The van der Waals surface area contributed by atoms with Gasteiger partial charge in [-0.3, -0.25) is 19.3 Å². The molecule has 0 spiro atoms. The zero-order valence-electron chi connectivity index (χ0n) is 28.2. The number of nitrogens with zero attached hydrogens (tertiary/aromatic N) is 3. The van der Waals surface area contributed by atoms with Crippen LogP contribution in [0.4, 0.5) is 4.79 Å². The van der Waals surface area contributed by atoms with Crippen molar-refractivity contribution in [1.82, 2.24) is 20.0 Å². The Kier molecular flexibility index (Phi) is 13.2. The van der Waals surface area contributed by atoms with Crippen LogP contribution in [0.25, 0.3) is 0 Å². The molecule has 46 heavy (non-hydrogen) atoms. The van der Waals surface area contributed by atoms with Gasteiger partial charge in [0.25, 0.3) is 5.91 Å². The summed E-state index contributed by atoms with van der Waals surface area (Å²) < 4.78 is 5.43. The van der Waals surface area contributed by atoms with Crippen LogP contribution < -0.4 is 5.32 Å². The third kappa shape index (κ3) is 10.4. The first-order valence-electron chi connectivity index (χ1n) is 16.2. The summed E-state index contributed by atoms with van der Waals surface area (Å²) in [6.07, 6.45) is 8.13. The molecular weight excluding hydrogens is 580 g/mol. The van der Waals surface area contributed by atoms with Crippen molar-refractivity contribution in [1.29, 1.82) is 0 Å². The van der Waals surface area contributed by atoms with E-state index < -0.39 is 29.7 Å². The van der Waals surface area contributed by atoms with E-state index in [0.29, 0.717) is 44.5 Å². The van der Waals surface area contributed by atoms with E-state index in [4.69, 9.17) is 11.2 Å². The molecule has 9 nitrogen and oxygen atoms in total. The first-order valence-corrected chi connectivity index (χ1v) is 16.2. The maximum Gasteiger partial charge on any atom is 0.410 e. The topological polar surface area (TPSA) is 99.3 Å². The lowest BCUT2D eigenvalue weighted by Gasteiger charge is -2.35. The Balaban J connectivity index is 1.80. The number of carbonyl (C=O) groups is 4. The molecule has 2 aromatic carbocycles. The smallest absolute Gasteiger partial charge is 0.410 e. The fourth-order valence-corrected chi connectivity index (χ4v) is 5.56. The molecule has 1 saturated heterocycles. The monoisotopic (exact) mass is 630 g/mol. The van der Waals surface area contributed by atoms with Crippen LogP contribution in [0.5, 0.6) is 0 Å². The normalized spacial score (nSPS) is 16.5. The highest BCUT2D eigenvalue weighted by Crippen LogP contribution is 2.24. The number of hydrogen-bond acceptors (Lipinski definition) is 5. The van der Waals surface area contributed by atoms with Crippen LogP contribution in [0.15, 0.2) is 60.7 Å². The summed E-state index contributed by atoms with van der Waals surface area (Å²) in [7, 11) is 1.50. The van der Waals surface area contributed by atoms with Gasteiger partial charge in [0.2, 0.25) is 11.8 Å². The minimum Gasteiger partial charge on any atom is -0.444 e. The molecular formula is C37H50N4O5. The molecule has 1 aliphatic rings. The van der Waals surface area contributed by atoms with Crippen molar-refractivity contribution in [2.75, 3.05) is 26.7 Å². The zero-order valence-corrected chi connectivity index (χ0v) is 28.2. The van der Waals surface area contributed by atoms with Crippen molar-refractivity contribution in [2.24, 2.45) is 5.92 Å². The maximum absolute atomic E-state index is 14.3. The molecule has 0 aliphatic carbocycles. The van der Waals surface area contributed by atoms with Crippen LogP contribution in [0.1, 0.15) is 76.2 Å². The van der Waals surface area contributed by atoms with E-state index in [2.05, 4.69) is 11.2 Å². The number of amides is 4. The van der Waals surface area contributed by atoms with Gasteiger partial charge in [0.15, 0.2) is 0 Å². The van der Waals surface area contributed by atoms with Crippen LogP contribution in [0.3, 0.4) is 0 Å². The van der Waals surface area contributed by atoms with Gasteiger partial charge in [0.05, 0.1) is 0 Å². The Hall–Kier alpha value is -4.32. The van der Waals surface area contributed by atoms with Crippen molar-refractivity contribution in [3.63, 3.8) is 0 Å². The number of ether oxygens (including phenoxy) is 1. The van der Waals surface area contributed by atoms with Crippen molar-refractivity contribution < 1.29 is 23.9 Å². The number of likely N-dealkylation sites (tertiary alicyclic amines) is 1. The SMILES string of the molecule is C#CCCC(C)[C@H](NC(=O)[C@H](C)N(C)C(=O)OC(C)(C)C)C(=O)N1CCC[C@H]1CN(CCc1ccccc1)C(=O)c1ccccc1. The number of hydrogen-bond donors (Lipinski definition) is 1. The number of likely N-dealkylation sites (N-methyl/N-ethyl adjacent to an activating group) is 1. The first kappa shape index (κ1) is 36.2. The maximum atomic E-state index is 14.3. The van der Waals surface area contributed by atoms with Crippen LogP contribution in [-0.4, -0.2) is 88.9 Å². The van der Waals surface area contributed by atoms with E-state index in [-0.39, 0.29) is 23.8 Å². The highest BCUT2D eigenvalue weighted by molar-refractivity contribution is 5.94. The van der Waals surface area contributed by atoms with Crippen molar-refractivity contribution in [2.45, 2.75) is 90.4 Å². The number of carbonyl (C=O) groups excluding carboxylic acids is 4.